The molecule has 0 atom stereocenters. The minimum absolute atomic E-state index is 0.179. The van der Waals surface area contributed by atoms with E-state index in [2.05, 4.69) is 10.1 Å². The van der Waals surface area contributed by atoms with E-state index in [0.717, 1.165) is 6.07 Å². The zero-order valence-electron chi connectivity index (χ0n) is 19.3. The highest BCUT2D eigenvalue weighted by atomic mass is 32.2. The molecule has 2 aromatic carbocycles. The Morgan fingerprint density at radius 1 is 1.03 bits per heavy atom. The van der Waals surface area contributed by atoms with E-state index in [-0.39, 0.29) is 22.2 Å². The summed E-state index contributed by atoms with van der Waals surface area (Å²) in [5, 5.41) is 4.13. The maximum Gasteiger partial charge on any atom is 0.428 e. The highest BCUT2D eigenvalue weighted by Gasteiger charge is 2.38. The maximum atomic E-state index is 16.0. The summed E-state index contributed by atoms with van der Waals surface area (Å²) in [5.41, 5.74) is -1.16. The van der Waals surface area contributed by atoms with Gasteiger partial charge < -0.3 is 4.74 Å². The van der Waals surface area contributed by atoms with Gasteiger partial charge in [0.05, 0.1) is 12.2 Å². The molecule has 0 radical (unpaired) electrons. The minimum atomic E-state index is -5.27. The summed E-state index contributed by atoms with van der Waals surface area (Å²) in [7, 11) is -3.76. The van der Waals surface area contributed by atoms with E-state index in [4.69, 9.17) is 4.74 Å². The highest BCUT2D eigenvalue weighted by molar-refractivity contribution is 7.93. The van der Waals surface area contributed by atoms with Crippen LogP contribution in [0.2, 0.25) is 0 Å². The maximum absolute atomic E-state index is 16.0. The number of sulfonamides is 1. The summed E-state index contributed by atoms with van der Waals surface area (Å²) in [4.78, 5) is 15.4. The van der Waals surface area contributed by atoms with Gasteiger partial charge in [-0.25, -0.2) is 30.8 Å². The molecule has 0 saturated carbocycles. The molecule has 0 aliphatic rings. The fourth-order valence-corrected chi connectivity index (χ4v) is 5.03. The Labute approximate surface area is 208 Å². The van der Waals surface area contributed by atoms with Crippen LogP contribution in [-0.4, -0.2) is 35.9 Å². The number of aromatic nitrogens is 3. The molecule has 0 fully saturated rings. The second kappa shape index (κ2) is 10.0. The Hall–Kier alpha value is -4.26. The summed E-state index contributed by atoms with van der Waals surface area (Å²) in [6.45, 7) is 1.02. The number of carbonyl (C=O) groups excluding carboxylic acids is 1. The largest absolute Gasteiger partial charge is 0.449 e. The third-order valence-electron chi connectivity index (χ3n) is 5.19. The lowest BCUT2D eigenvalue weighted by Gasteiger charge is -2.23. The zero-order chi connectivity index (χ0) is 26.9. The van der Waals surface area contributed by atoms with Gasteiger partial charge in [-0.1, -0.05) is 0 Å². The van der Waals surface area contributed by atoms with Crippen molar-refractivity contribution in [1.29, 1.82) is 0 Å². The number of rotatable bonds is 6. The number of hydrogen-bond acceptors (Lipinski definition) is 6. The van der Waals surface area contributed by atoms with Gasteiger partial charge in [0.25, 0.3) is 10.0 Å². The quantitative estimate of drug-likeness (QED) is 0.321. The van der Waals surface area contributed by atoms with E-state index in [9.17, 15) is 22.0 Å². The van der Waals surface area contributed by atoms with Crippen LogP contribution in [0, 0.1) is 23.3 Å². The second-order valence-corrected chi connectivity index (χ2v) is 9.35. The Balaban J connectivity index is 1.98. The van der Waals surface area contributed by atoms with Crippen molar-refractivity contribution in [1.82, 2.24) is 14.8 Å². The first-order valence-corrected chi connectivity index (χ1v) is 12.1. The van der Waals surface area contributed by atoms with Crippen LogP contribution in [0.1, 0.15) is 6.92 Å². The predicted octanol–water partition coefficient (Wildman–Crippen LogP) is 5.06. The van der Waals surface area contributed by atoms with Crippen molar-refractivity contribution in [2.75, 3.05) is 10.9 Å². The molecule has 0 aliphatic heterocycles. The van der Waals surface area contributed by atoms with Crippen LogP contribution < -0.4 is 4.31 Å². The van der Waals surface area contributed by atoms with E-state index in [1.165, 1.54) is 37.2 Å². The fourth-order valence-electron chi connectivity index (χ4n) is 3.61. The Morgan fingerprint density at radius 2 is 1.70 bits per heavy atom. The minimum Gasteiger partial charge on any atom is -0.449 e. The van der Waals surface area contributed by atoms with Gasteiger partial charge in [-0.15, -0.1) is 0 Å². The van der Waals surface area contributed by atoms with Crippen LogP contribution in [-0.2, 0) is 21.8 Å². The molecule has 0 spiro atoms. The van der Waals surface area contributed by atoms with E-state index in [1.807, 2.05) is 0 Å². The topological polar surface area (TPSA) is 94.4 Å². The van der Waals surface area contributed by atoms with Gasteiger partial charge in [-0.05, 0) is 55.0 Å². The van der Waals surface area contributed by atoms with Gasteiger partial charge in [-0.2, -0.15) is 9.40 Å². The summed E-state index contributed by atoms with van der Waals surface area (Å²) in [5.74, 6) is -5.14. The van der Waals surface area contributed by atoms with Gasteiger partial charge in [0, 0.05) is 31.2 Å². The van der Waals surface area contributed by atoms with Crippen molar-refractivity contribution in [2.45, 2.75) is 11.8 Å². The third-order valence-corrected chi connectivity index (χ3v) is 6.89. The number of ether oxygens (including phenoxy) is 1. The predicted molar refractivity (Wildman–Crippen MR) is 125 cm³/mol. The number of carbonyl (C=O) groups is 1. The molecule has 2 aromatic heterocycles. The first kappa shape index (κ1) is 25.8. The van der Waals surface area contributed by atoms with Crippen molar-refractivity contribution in [2.24, 2.45) is 7.05 Å². The van der Waals surface area contributed by atoms with Crippen molar-refractivity contribution in [3.8, 4) is 22.4 Å². The number of aryl methyl sites for hydroxylation is 1. The lowest BCUT2D eigenvalue weighted by molar-refractivity contribution is 0.164. The number of amides is 1. The molecule has 4 rings (SSSR count). The van der Waals surface area contributed by atoms with Gasteiger partial charge in [0.15, 0.2) is 5.82 Å². The van der Waals surface area contributed by atoms with Crippen LogP contribution in [0.3, 0.4) is 0 Å². The molecular formula is C24H18F4N4O4S. The third kappa shape index (κ3) is 4.77. The Bertz CT molecular complexity index is 1590. The molecule has 8 nitrogen and oxygen atoms in total. The molecule has 0 bridgehead atoms. The van der Waals surface area contributed by atoms with Crippen molar-refractivity contribution < 1.29 is 35.5 Å². The molecule has 1 amide bonds. The monoisotopic (exact) mass is 534 g/mol. The second-order valence-electron chi connectivity index (χ2n) is 7.60. The summed E-state index contributed by atoms with van der Waals surface area (Å²) >= 11 is 0. The first-order valence-electron chi connectivity index (χ1n) is 10.7. The molecule has 0 N–H and O–H groups in total. The first-order chi connectivity index (χ1) is 17.6. The normalized spacial score (nSPS) is 11.4. The van der Waals surface area contributed by atoms with Crippen LogP contribution in [0.25, 0.3) is 22.4 Å². The highest BCUT2D eigenvalue weighted by Crippen LogP contribution is 2.39. The summed E-state index contributed by atoms with van der Waals surface area (Å²) in [6, 6.07) is 6.08. The molecule has 192 valence electrons. The Morgan fingerprint density at radius 3 is 2.38 bits per heavy atom. The molecule has 0 saturated heterocycles. The number of nitrogens with zero attached hydrogens (tertiary/aromatic N) is 4. The zero-order valence-corrected chi connectivity index (χ0v) is 20.1. The lowest BCUT2D eigenvalue weighted by Crippen LogP contribution is -2.38. The van der Waals surface area contributed by atoms with Crippen molar-refractivity contribution in [3.05, 3.63) is 84.3 Å². The fraction of sp³-hybridized carbons (Fsp3) is 0.125. The number of anilines is 1. The van der Waals surface area contributed by atoms with Crippen molar-refractivity contribution >= 4 is 21.8 Å². The van der Waals surface area contributed by atoms with Gasteiger partial charge >= 0.3 is 6.09 Å². The molecule has 13 heteroatoms. The van der Waals surface area contributed by atoms with Crippen molar-refractivity contribution in [3.63, 3.8) is 0 Å². The average Bonchev–Trinajstić information content (AvgIpc) is 3.24. The number of benzene rings is 2. The number of hydrogen-bond donors (Lipinski definition) is 0. The number of pyridine rings is 1. The summed E-state index contributed by atoms with van der Waals surface area (Å²) in [6.07, 6.45) is 2.78. The Kier molecular flexibility index (Phi) is 6.99. The molecular weight excluding hydrogens is 516 g/mol. The average molecular weight is 534 g/mol. The van der Waals surface area contributed by atoms with Gasteiger partial charge in [-0.3, -0.25) is 9.67 Å². The molecule has 0 aliphatic carbocycles. The smallest absolute Gasteiger partial charge is 0.428 e. The van der Waals surface area contributed by atoms with Gasteiger partial charge in [0.2, 0.25) is 0 Å². The van der Waals surface area contributed by atoms with E-state index in [1.54, 1.807) is 12.1 Å². The van der Waals surface area contributed by atoms with Crippen LogP contribution >= 0.6 is 0 Å². The van der Waals surface area contributed by atoms with E-state index < -0.39 is 55.5 Å². The molecule has 4 aromatic rings. The van der Waals surface area contributed by atoms with Crippen LogP contribution in [0.5, 0.6) is 0 Å². The van der Waals surface area contributed by atoms with Gasteiger partial charge in [0.1, 0.15) is 33.7 Å². The molecule has 0 unspecified atom stereocenters. The lowest BCUT2D eigenvalue weighted by atomic mass is 10.0. The standard InChI is InChI=1S/C24H18F4N4O4S/c1-3-36-24(33)32(37(34,35)20-12-15(25)4-5-17(20)26)19-7-6-18(27)21(22(19)28)23-16(13-31(2)30-23)14-8-10-29-11-9-14/h4-13H,3H2,1-2H3. The van der Waals surface area contributed by atoms with Crippen LogP contribution in [0.15, 0.2) is 66.0 Å². The number of halogens is 4. The van der Waals surface area contributed by atoms with E-state index in [0.29, 0.717) is 29.8 Å². The molecule has 2 heterocycles. The van der Waals surface area contributed by atoms with Crippen LogP contribution in [0.4, 0.5) is 28.0 Å². The van der Waals surface area contributed by atoms with E-state index >= 15 is 8.78 Å². The molecule has 37 heavy (non-hydrogen) atoms. The SMILES string of the molecule is CCOC(=O)N(c1ccc(F)c(-c2nn(C)cc2-c2ccncc2)c1F)S(=O)(=O)c1cc(F)ccc1F. The summed E-state index contributed by atoms with van der Waals surface area (Å²) < 4.78 is 91.9.